The quantitative estimate of drug-likeness (QED) is 0.630. The summed E-state index contributed by atoms with van der Waals surface area (Å²) < 4.78 is 16.6. The molecule has 0 amide bonds. The van der Waals surface area contributed by atoms with Gasteiger partial charge in [0.25, 0.3) is 0 Å². The molecule has 7 atom stereocenters. The highest BCUT2D eigenvalue weighted by Gasteiger charge is 2.67. The van der Waals surface area contributed by atoms with E-state index in [4.69, 9.17) is 14.2 Å². The van der Waals surface area contributed by atoms with Crippen molar-refractivity contribution in [2.45, 2.75) is 38.8 Å². The van der Waals surface area contributed by atoms with E-state index in [1.807, 2.05) is 44.2 Å². The van der Waals surface area contributed by atoms with Crippen LogP contribution in [-0.4, -0.2) is 30.3 Å². The van der Waals surface area contributed by atoms with Gasteiger partial charge < -0.3 is 14.2 Å². The van der Waals surface area contributed by atoms with Crippen LogP contribution in [0, 0.1) is 23.7 Å². The first kappa shape index (κ1) is 14.7. The van der Waals surface area contributed by atoms with Crippen molar-refractivity contribution in [3.8, 4) is 0 Å². The van der Waals surface area contributed by atoms with Gasteiger partial charge in [-0.1, -0.05) is 37.3 Å². The molecule has 0 unspecified atom stereocenters. The third kappa shape index (κ3) is 2.34. The van der Waals surface area contributed by atoms with Crippen LogP contribution in [0.2, 0.25) is 0 Å². The van der Waals surface area contributed by atoms with Crippen molar-refractivity contribution in [2.24, 2.45) is 23.7 Å². The molecular formula is C18H20O5. The number of esters is 2. The number of hydrogen-bond donors (Lipinski definition) is 0. The minimum Gasteiger partial charge on any atom is -0.462 e. The van der Waals surface area contributed by atoms with Crippen molar-refractivity contribution in [3.63, 3.8) is 0 Å². The lowest BCUT2D eigenvalue weighted by Gasteiger charge is -2.33. The van der Waals surface area contributed by atoms with E-state index in [-0.39, 0.29) is 60.5 Å². The Hall–Kier alpha value is -1.88. The Bertz CT molecular complexity index is 628. The highest BCUT2D eigenvalue weighted by atomic mass is 16.6. The molecule has 3 aliphatic rings. The molecule has 0 radical (unpaired) electrons. The molecule has 1 saturated carbocycles. The van der Waals surface area contributed by atoms with Crippen molar-refractivity contribution in [2.75, 3.05) is 0 Å². The first-order chi connectivity index (χ1) is 11.1. The summed E-state index contributed by atoms with van der Waals surface area (Å²) >= 11 is 0. The lowest BCUT2D eigenvalue weighted by Crippen LogP contribution is -2.45. The molecule has 2 saturated heterocycles. The summed E-state index contributed by atoms with van der Waals surface area (Å²) in [5, 5.41) is 0. The van der Waals surface area contributed by atoms with Crippen LogP contribution >= 0.6 is 0 Å². The molecule has 5 heteroatoms. The van der Waals surface area contributed by atoms with E-state index < -0.39 is 0 Å². The van der Waals surface area contributed by atoms with Crippen LogP contribution in [-0.2, 0) is 30.4 Å². The molecule has 122 valence electrons. The highest BCUT2D eigenvalue weighted by Crippen LogP contribution is 2.54. The average Bonchev–Trinajstić information content (AvgIpc) is 3.28. The van der Waals surface area contributed by atoms with Gasteiger partial charge in [0.05, 0.1) is 24.0 Å². The maximum atomic E-state index is 12.7. The summed E-state index contributed by atoms with van der Waals surface area (Å²) in [6.45, 7) is 4.11. The standard InChI is InChI=1S/C18H20O5/c1-9-12(17(19)21-8-11-6-4-3-5-7-11)13-10(2)22-18(20)14(13)16-15(9)23-16/h3-7,9-10,12-16H,8H2,1-2H3/t9-,10+,12-,13-,14-,15+,16-/m0/s1. The Morgan fingerprint density at radius 2 is 1.91 bits per heavy atom. The van der Waals surface area contributed by atoms with Gasteiger partial charge in [-0.15, -0.1) is 0 Å². The smallest absolute Gasteiger partial charge is 0.312 e. The van der Waals surface area contributed by atoms with E-state index in [0.29, 0.717) is 0 Å². The molecule has 0 N–H and O–H groups in total. The van der Waals surface area contributed by atoms with Gasteiger partial charge in [-0.25, -0.2) is 0 Å². The van der Waals surface area contributed by atoms with Crippen molar-refractivity contribution in [1.29, 1.82) is 0 Å². The lowest BCUT2D eigenvalue weighted by atomic mass is 9.66. The molecule has 4 rings (SSSR count). The fraction of sp³-hybridized carbons (Fsp3) is 0.556. The van der Waals surface area contributed by atoms with E-state index in [0.717, 1.165) is 5.56 Å². The summed E-state index contributed by atoms with van der Waals surface area (Å²) in [7, 11) is 0. The van der Waals surface area contributed by atoms with Crippen molar-refractivity contribution in [1.82, 2.24) is 0 Å². The molecule has 23 heavy (non-hydrogen) atoms. The summed E-state index contributed by atoms with van der Waals surface area (Å²) in [4.78, 5) is 24.8. The molecule has 1 aromatic rings. The van der Waals surface area contributed by atoms with E-state index in [1.165, 1.54) is 0 Å². The lowest BCUT2D eigenvalue weighted by molar-refractivity contribution is -0.156. The molecule has 0 bridgehead atoms. The molecular weight excluding hydrogens is 296 g/mol. The Labute approximate surface area is 134 Å². The zero-order valence-corrected chi connectivity index (χ0v) is 13.2. The summed E-state index contributed by atoms with van der Waals surface area (Å²) in [5.74, 6) is -1.27. The molecule has 3 fully saturated rings. The first-order valence-electron chi connectivity index (χ1n) is 8.14. The van der Waals surface area contributed by atoms with E-state index in [9.17, 15) is 9.59 Å². The van der Waals surface area contributed by atoms with E-state index >= 15 is 0 Å². The Morgan fingerprint density at radius 1 is 1.17 bits per heavy atom. The molecule has 5 nitrogen and oxygen atoms in total. The zero-order chi connectivity index (χ0) is 16.1. The average molecular weight is 316 g/mol. The number of carbonyl (C=O) groups is 2. The number of cyclic esters (lactones) is 1. The number of ether oxygens (including phenoxy) is 3. The maximum absolute atomic E-state index is 12.7. The van der Waals surface area contributed by atoms with Crippen molar-refractivity contribution < 1.29 is 23.8 Å². The Balaban J connectivity index is 1.52. The predicted molar refractivity (Wildman–Crippen MR) is 80.1 cm³/mol. The summed E-state index contributed by atoms with van der Waals surface area (Å²) in [6.07, 6.45) is -0.372. The predicted octanol–water partition coefficient (Wildman–Crippen LogP) is 1.94. The fourth-order valence-corrected chi connectivity index (χ4v) is 4.26. The van der Waals surface area contributed by atoms with Gasteiger partial charge >= 0.3 is 11.9 Å². The van der Waals surface area contributed by atoms with Gasteiger partial charge in [-0.2, -0.15) is 0 Å². The van der Waals surface area contributed by atoms with Crippen LogP contribution in [0.4, 0.5) is 0 Å². The van der Waals surface area contributed by atoms with E-state index in [1.54, 1.807) is 0 Å². The molecule has 2 heterocycles. The SMILES string of the molecule is C[C@@H]1[C@H]2O[C@H]2[C@H]2C(=O)O[C@H](C)[C@H]2[C@H]1C(=O)OCc1ccccc1. The van der Waals surface area contributed by atoms with Crippen LogP contribution in [0.15, 0.2) is 30.3 Å². The fourth-order valence-electron chi connectivity index (χ4n) is 4.26. The van der Waals surface area contributed by atoms with Gasteiger partial charge in [0, 0.05) is 5.92 Å². The zero-order valence-electron chi connectivity index (χ0n) is 13.2. The second kappa shape index (κ2) is 5.34. The molecule has 1 aromatic carbocycles. The number of rotatable bonds is 3. The van der Waals surface area contributed by atoms with E-state index in [2.05, 4.69) is 0 Å². The highest BCUT2D eigenvalue weighted by molar-refractivity contribution is 5.81. The van der Waals surface area contributed by atoms with Crippen molar-refractivity contribution in [3.05, 3.63) is 35.9 Å². The second-order valence-corrected chi connectivity index (χ2v) is 6.79. The van der Waals surface area contributed by atoms with Crippen LogP contribution in [0.5, 0.6) is 0 Å². The number of hydrogen-bond acceptors (Lipinski definition) is 5. The van der Waals surface area contributed by atoms with Gasteiger partial charge in [-0.3, -0.25) is 9.59 Å². The van der Waals surface area contributed by atoms with Crippen molar-refractivity contribution >= 4 is 11.9 Å². The number of benzene rings is 1. The molecule has 1 aliphatic carbocycles. The summed E-state index contributed by atoms with van der Waals surface area (Å²) in [6, 6.07) is 9.59. The van der Waals surface area contributed by atoms with Crippen LogP contribution in [0.3, 0.4) is 0 Å². The van der Waals surface area contributed by atoms with Crippen LogP contribution < -0.4 is 0 Å². The summed E-state index contributed by atoms with van der Waals surface area (Å²) in [5.41, 5.74) is 0.952. The Morgan fingerprint density at radius 3 is 2.65 bits per heavy atom. The Kier molecular flexibility index (Phi) is 3.41. The van der Waals surface area contributed by atoms with Gasteiger partial charge in [0.2, 0.25) is 0 Å². The van der Waals surface area contributed by atoms with Gasteiger partial charge in [0.15, 0.2) is 0 Å². The third-order valence-corrected chi connectivity index (χ3v) is 5.44. The van der Waals surface area contributed by atoms with Gasteiger partial charge in [0.1, 0.15) is 12.7 Å². The van der Waals surface area contributed by atoms with Crippen LogP contribution in [0.25, 0.3) is 0 Å². The topological polar surface area (TPSA) is 65.1 Å². The van der Waals surface area contributed by atoms with Crippen LogP contribution in [0.1, 0.15) is 19.4 Å². The minimum absolute atomic E-state index is 0.0247. The minimum atomic E-state index is -0.353. The number of carbonyl (C=O) groups excluding carboxylic acids is 2. The molecule has 2 aliphatic heterocycles. The largest absolute Gasteiger partial charge is 0.462 e. The molecule has 0 aromatic heterocycles. The molecule has 0 spiro atoms. The second-order valence-electron chi connectivity index (χ2n) is 6.79. The van der Waals surface area contributed by atoms with Gasteiger partial charge in [-0.05, 0) is 18.4 Å². The normalized spacial score (nSPS) is 40.8. The first-order valence-corrected chi connectivity index (χ1v) is 8.14. The monoisotopic (exact) mass is 316 g/mol. The third-order valence-electron chi connectivity index (χ3n) is 5.44. The number of epoxide rings is 1. The number of fused-ring (bicyclic) bond motifs is 3. The maximum Gasteiger partial charge on any atom is 0.312 e.